The lowest BCUT2D eigenvalue weighted by molar-refractivity contribution is 0.195. The maximum atomic E-state index is 14.0. The molecule has 1 fully saturated rings. The Labute approximate surface area is 119 Å². The van der Waals surface area contributed by atoms with Crippen molar-refractivity contribution in [3.63, 3.8) is 0 Å². The molecule has 6 heteroatoms. The molecule has 1 aliphatic rings. The lowest BCUT2D eigenvalue weighted by Crippen LogP contribution is -2.41. The molecule has 0 atom stereocenters. The molecule has 1 aromatic carbocycles. The number of rotatable bonds is 3. The van der Waals surface area contributed by atoms with E-state index in [9.17, 15) is 12.8 Å². The summed E-state index contributed by atoms with van der Waals surface area (Å²) in [7, 11) is -3.75. The van der Waals surface area contributed by atoms with Crippen LogP contribution in [0.1, 0.15) is 32.3 Å². The molecule has 0 aliphatic carbocycles. The van der Waals surface area contributed by atoms with Crippen LogP contribution < -0.4 is 5.73 Å². The Hall–Kier alpha value is -0.980. The third kappa shape index (κ3) is 3.02. The van der Waals surface area contributed by atoms with E-state index < -0.39 is 15.8 Å². The number of nitrogens with zero attached hydrogens (tertiary/aromatic N) is 1. The summed E-state index contributed by atoms with van der Waals surface area (Å²) in [5, 5.41) is 0. The van der Waals surface area contributed by atoms with Crippen LogP contribution in [0.25, 0.3) is 0 Å². The molecule has 0 amide bonds. The number of hydrogen-bond acceptors (Lipinski definition) is 3. The van der Waals surface area contributed by atoms with Gasteiger partial charge in [-0.1, -0.05) is 19.9 Å². The number of sulfonamides is 1. The minimum atomic E-state index is -3.75. The van der Waals surface area contributed by atoms with Crippen molar-refractivity contribution in [1.82, 2.24) is 4.31 Å². The molecule has 0 aromatic heterocycles. The summed E-state index contributed by atoms with van der Waals surface area (Å²) in [5.41, 5.74) is 6.16. The molecule has 0 unspecified atom stereocenters. The fraction of sp³-hybridized carbons (Fsp3) is 0.571. The van der Waals surface area contributed by atoms with E-state index in [1.54, 1.807) is 6.07 Å². The quantitative estimate of drug-likeness (QED) is 0.929. The molecule has 20 heavy (non-hydrogen) atoms. The molecule has 0 bridgehead atoms. The highest BCUT2D eigenvalue weighted by atomic mass is 32.2. The van der Waals surface area contributed by atoms with Crippen molar-refractivity contribution in [3.8, 4) is 0 Å². The number of hydrogen-bond donors (Lipinski definition) is 1. The van der Waals surface area contributed by atoms with Gasteiger partial charge in [0.15, 0.2) is 0 Å². The number of halogens is 1. The molecule has 1 aliphatic heterocycles. The van der Waals surface area contributed by atoms with E-state index in [1.165, 1.54) is 16.4 Å². The van der Waals surface area contributed by atoms with Crippen molar-refractivity contribution in [2.24, 2.45) is 11.1 Å². The molecule has 0 radical (unpaired) electrons. The van der Waals surface area contributed by atoms with Gasteiger partial charge in [-0.25, -0.2) is 12.8 Å². The van der Waals surface area contributed by atoms with E-state index in [4.69, 9.17) is 5.73 Å². The summed E-state index contributed by atoms with van der Waals surface area (Å²) in [6.07, 6.45) is 1.57. The van der Waals surface area contributed by atoms with E-state index in [1.807, 2.05) is 0 Å². The Morgan fingerprint density at radius 3 is 2.40 bits per heavy atom. The summed E-state index contributed by atoms with van der Waals surface area (Å²) >= 11 is 0. The zero-order chi connectivity index (χ0) is 15.0. The fourth-order valence-corrected chi connectivity index (χ4v) is 3.84. The van der Waals surface area contributed by atoms with Crippen LogP contribution in [0.4, 0.5) is 4.39 Å². The monoisotopic (exact) mass is 300 g/mol. The highest BCUT2D eigenvalue weighted by Crippen LogP contribution is 2.32. The van der Waals surface area contributed by atoms with Gasteiger partial charge in [-0.05, 0) is 36.0 Å². The van der Waals surface area contributed by atoms with Gasteiger partial charge in [-0.2, -0.15) is 4.31 Å². The second kappa shape index (κ2) is 5.42. The van der Waals surface area contributed by atoms with Crippen LogP contribution in [0.3, 0.4) is 0 Å². The Morgan fingerprint density at radius 1 is 1.30 bits per heavy atom. The van der Waals surface area contributed by atoms with Gasteiger partial charge in [0.1, 0.15) is 10.7 Å². The first-order chi connectivity index (χ1) is 9.26. The maximum absolute atomic E-state index is 14.0. The molecular formula is C14H21FN2O2S. The first-order valence-electron chi connectivity index (χ1n) is 6.75. The van der Waals surface area contributed by atoms with Gasteiger partial charge in [-0.15, -0.1) is 0 Å². The van der Waals surface area contributed by atoms with Crippen LogP contribution in [0.2, 0.25) is 0 Å². The largest absolute Gasteiger partial charge is 0.326 e. The minimum absolute atomic E-state index is 0.147. The van der Waals surface area contributed by atoms with Crippen molar-refractivity contribution in [1.29, 1.82) is 0 Å². The van der Waals surface area contributed by atoms with E-state index in [0.29, 0.717) is 18.7 Å². The molecule has 0 saturated carbocycles. The van der Waals surface area contributed by atoms with Gasteiger partial charge in [0.05, 0.1) is 0 Å². The fourth-order valence-electron chi connectivity index (χ4n) is 2.35. The highest BCUT2D eigenvalue weighted by Gasteiger charge is 2.34. The predicted molar refractivity (Wildman–Crippen MR) is 76.1 cm³/mol. The smallest absolute Gasteiger partial charge is 0.245 e. The van der Waals surface area contributed by atoms with E-state index >= 15 is 0 Å². The molecule has 4 nitrogen and oxygen atoms in total. The van der Waals surface area contributed by atoms with Crippen LogP contribution in [-0.4, -0.2) is 25.8 Å². The van der Waals surface area contributed by atoms with Gasteiger partial charge < -0.3 is 5.73 Å². The van der Waals surface area contributed by atoms with Crippen LogP contribution >= 0.6 is 0 Å². The zero-order valence-electron chi connectivity index (χ0n) is 11.9. The molecule has 0 spiro atoms. The Kier molecular flexibility index (Phi) is 4.18. The molecule has 2 rings (SSSR count). The number of piperidine rings is 1. The van der Waals surface area contributed by atoms with Crippen LogP contribution in [0.15, 0.2) is 23.1 Å². The highest BCUT2D eigenvalue weighted by molar-refractivity contribution is 7.89. The van der Waals surface area contributed by atoms with Crippen LogP contribution in [0, 0.1) is 11.2 Å². The number of nitrogens with two attached hydrogens (primary N) is 1. The second-order valence-electron chi connectivity index (χ2n) is 6.04. The predicted octanol–water partition coefficient (Wildman–Crippen LogP) is 2.10. The lowest BCUT2D eigenvalue weighted by atomic mass is 9.83. The Morgan fingerprint density at radius 2 is 1.90 bits per heavy atom. The standard InChI is InChI=1S/C14H21FN2O2S/c1-14(2)5-7-17(8-6-14)20(18,19)13-4-3-11(10-16)9-12(13)15/h3-4,9H,5-8,10,16H2,1-2H3. The number of benzene rings is 1. The lowest BCUT2D eigenvalue weighted by Gasteiger charge is -2.36. The second-order valence-corrected chi connectivity index (χ2v) is 7.94. The molecule has 112 valence electrons. The minimum Gasteiger partial charge on any atom is -0.326 e. The summed E-state index contributed by atoms with van der Waals surface area (Å²) in [6, 6.07) is 4.07. The Bertz CT molecular complexity index is 589. The maximum Gasteiger partial charge on any atom is 0.245 e. The Balaban J connectivity index is 2.27. The van der Waals surface area contributed by atoms with Gasteiger partial charge in [0, 0.05) is 19.6 Å². The third-order valence-corrected chi connectivity index (χ3v) is 5.86. The molecular weight excluding hydrogens is 279 g/mol. The summed E-state index contributed by atoms with van der Waals surface area (Å²) in [6.45, 7) is 5.30. The summed E-state index contributed by atoms with van der Waals surface area (Å²) < 4.78 is 40.3. The van der Waals surface area contributed by atoms with Crippen molar-refractivity contribution < 1.29 is 12.8 Å². The first-order valence-corrected chi connectivity index (χ1v) is 8.19. The zero-order valence-corrected chi connectivity index (χ0v) is 12.7. The average Bonchev–Trinajstić information content (AvgIpc) is 2.37. The van der Waals surface area contributed by atoms with Crippen molar-refractivity contribution in [2.45, 2.75) is 38.1 Å². The average molecular weight is 300 g/mol. The van der Waals surface area contributed by atoms with Crippen molar-refractivity contribution in [2.75, 3.05) is 13.1 Å². The normalized spacial score (nSPS) is 20.0. The van der Waals surface area contributed by atoms with Gasteiger partial charge in [-0.3, -0.25) is 0 Å². The molecule has 1 saturated heterocycles. The van der Waals surface area contributed by atoms with Gasteiger partial charge in [0.25, 0.3) is 0 Å². The van der Waals surface area contributed by atoms with Crippen LogP contribution in [-0.2, 0) is 16.6 Å². The molecule has 1 aromatic rings. The van der Waals surface area contributed by atoms with Crippen LogP contribution in [0.5, 0.6) is 0 Å². The third-order valence-electron chi connectivity index (χ3n) is 3.93. The van der Waals surface area contributed by atoms with E-state index in [2.05, 4.69) is 13.8 Å². The SMILES string of the molecule is CC1(C)CCN(S(=O)(=O)c2ccc(CN)cc2F)CC1. The van der Waals surface area contributed by atoms with Crippen molar-refractivity contribution >= 4 is 10.0 Å². The molecule has 1 heterocycles. The topological polar surface area (TPSA) is 63.4 Å². The van der Waals surface area contributed by atoms with Gasteiger partial charge in [0.2, 0.25) is 10.0 Å². The van der Waals surface area contributed by atoms with Gasteiger partial charge >= 0.3 is 0 Å². The first kappa shape index (κ1) is 15.4. The molecule has 2 N–H and O–H groups in total. The van der Waals surface area contributed by atoms with E-state index in [0.717, 1.165) is 12.8 Å². The summed E-state index contributed by atoms with van der Waals surface area (Å²) in [5.74, 6) is -0.724. The van der Waals surface area contributed by atoms with E-state index in [-0.39, 0.29) is 16.9 Å². The summed E-state index contributed by atoms with van der Waals surface area (Å²) in [4.78, 5) is -0.255. The van der Waals surface area contributed by atoms with Crippen molar-refractivity contribution in [3.05, 3.63) is 29.6 Å².